The second-order valence-electron chi connectivity index (χ2n) is 6.00. The van der Waals surface area contributed by atoms with Crippen molar-refractivity contribution in [2.24, 2.45) is 11.8 Å². The SMILES string of the molecule is C[C@@H]1C[C@@H]1C(=O)N1CCC[C@@H]1c1nnc2ccccn12. The van der Waals surface area contributed by atoms with Crippen LogP contribution in [0.5, 0.6) is 0 Å². The molecule has 3 heterocycles. The molecule has 3 atom stereocenters. The van der Waals surface area contributed by atoms with E-state index in [0.29, 0.717) is 11.8 Å². The van der Waals surface area contributed by atoms with Crippen LogP contribution in [-0.2, 0) is 4.79 Å². The van der Waals surface area contributed by atoms with E-state index in [1.54, 1.807) is 0 Å². The second kappa shape index (κ2) is 4.30. The second-order valence-corrected chi connectivity index (χ2v) is 6.00. The van der Waals surface area contributed by atoms with Gasteiger partial charge in [-0.2, -0.15) is 0 Å². The summed E-state index contributed by atoms with van der Waals surface area (Å²) in [6.07, 6.45) is 5.07. The fourth-order valence-electron chi connectivity index (χ4n) is 3.27. The maximum Gasteiger partial charge on any atom is 0.226 e. The smallest absolute Gasteiger partial charge is 0.226 e. The van der Waals surface area contributed by atoms with Gasteiger partial charge in [0.1, 0.15) is 0 Å². The van der Waals surface area contributed by atoms with E-state index in [4.69, 9.17) is 0 Å². The van der Waals surface area contributed by atoms with Crippen molar-refractivity contribution < 1.29 is 4.79 Å². The molecule has 4 rings (SSSR count). The van der Waals surface area contributed by atoms with Crippen LogP contribution in [-0.4, -0.2) is 31.9 Å². The van der Waals surface area contributed by atoms with Gasteiger partial charge in [0, 0.05) is 18.7 Å². The summed E-state index contributed by atoms with van der Waals surface area (Å²) < 4.78 is 2.01. The quantitative estimate of drug-likeness (QED) is 0.839. The molecule has 2 aliphatic rings. The minimum atomic E-state index is 0.0905. The topological polar surface area (TPSA) is 50.5 Å². The van der Waals surface area contributed by atoms with Crippen LogP contribution < -0.4 is 0 Å². The maximum absolute atomic E-state index is 12.5. The molecule has 5 nitrogen and oxygen atoms in total. The maximum atomic E-state index is 12.5. The van der Waals surface area contributed by atoms with Crippen molar-refractivity contribution in [2.75, 3.05) is 6.54 Å². The van der Waals surface area contributed by atoms with E-state index in [1.165, 1.54) is 0 Å². The predicted molar refractivity (Wildman–Crippen MR) is 73.9 cm³/mol. The predicted octanol–water partition coefficient (Wildman–Crippen LogP) is 2.05. The molecule has 1 aliphatic carbocycles. The molecule has 0 N–H and O–H groups in total. The number of likely N-dealkylation sites (tertiary alicyclic amines) is 1. The van der Waals surface area contributed by atoms with Gasteiger partial charge >= 0.3 is 0 Å². The van der Waals surface area contributed by atoms with Gasteiger partial charge in [-0.05, 0) is 37.3 Å². The Morgan fingerprint density at radius 3 is 3.00 bits per heavy atom. The number of hydrogen-bond donors (Lipinski definition) is 0. The Morgan fingerprint density at radius 2 is 2.20 bits per heavy atom. The first kappa shape index (κ1) is 11.9. The van der Waals surface area contributed by atoms with Crippen molar-refractivity contribution >= 4 is 11.6 Å². The monoisotopic (exact) mass is 270 g/mol. The highest BCUT2D eigenvalue weighted by Gasteiger charge is 2.45. The standard InChI is InChI=1S/C15H18N4O/c1-10-9-11(10)15(20)18-8-4-5-12(18)14-17-16-13-6-2-3-7-19(13)14/h2-3,6-7,10-12H,4-5,8-9H2,1H3/t10-,11+,12-/m1/s1. The highest BCUT2D eigenvalue weighted by molar-refractivity contribution is 5.82. The molecule has 0 bridgehead atoms. The van der Waals surface area contributed by atoms with Gasteiger partial charge in [0.05, 0.1) is 6.04 Å². The zero-order chi connectivity index (χ0) is 13.7. The third-order valence-corrected chi connectivity index (χ3v) is 4.60. The Bertz CT molecular complexity index is 665. The van der Waals surface area contributed by atoms with Crippen LogP contribution in [0.3, 0.4) is 0 Å². The third kappa shape index (κ3) is 1.72. The Hall–Kier alpha value is -1.91. The van der Waals surface area contributed by atoms with Crippen LogP contribution in [0.15, 0.2) is 24.4 Å². The van der Waals surface area contributed by atoms with Crippen molar-refractivity contribution in [3.05, 3.63) is 30.2 Å². The van der Waals surface area contributed by atoms with Crippen LogP contribution in [0.1, 0.15) is 38.1 Å². The number of nitrogens with zero attached hydrogens (tertiary/aromatic N) is 4. The minimum Gasteiger partial charge on any atom is -0.332 e. The molecule has 2 aromatic rings. The van der Waals surface area contributed by atoms with Gasteiger partial charge in [-0.15, -0.1) is 10.2 Å². The molecule has 2 aromatic heterocycles. The molecule has 104 valence electrons. The number of pyridine rings is 1. The van der Waals surface area contributed by atoms with Crippen molar-refractivity contribution in [1.82, 2.24) is 19.5 Å². The molecule has 0 radical (unpaired) electrons. The number of aromatic nitrogens is 3. The molecular weight excluding hydrogens is 252 g/mol. The number of carbonyl (C=O) groups excluding carboxylic acids is 1. The summed E-state index contributed by atoms with van der Waals surface area (Å²) in [6.45, 7) is 3.01. The average Bonchev–Trinajstić information content (AvgIpc) is 2.91. The lowest BCUT2D eigenvalue weighted by Gasteiger charge is -2.23. The fourth-order valence-corrected chi connectivity index (χ4v) is 3.27. The van der Waals surface area contributed by atoms with E-state index >= 15 is 0 Å². The Kier molecular flexibility index (Phi) is 2.55. The summed E-state index contributed by atoms with van der Waals surface area (Å²) in [6, 6.07) is 5.97. The van der Waals surface area contributed by atoms with E-state index in [0.717, 1.165) is 37.3 Å². The van der Waals surface area contributed by atoms with Crippen molar-refractivity contribution in [3.8, 4) is 0 Å². The molecule has 1 saturated heterocycles. The van der Waals surface area contributed by atoms with Gasteiger partial charge in [0.15, 0.2) is 11.5 Å². The first-order valence-electron chi connectivity index (χ1n) is 7.36. The van der Waals surface area contributed by atoms with Crippen molar-refractivity contribution in [2.45, 2.75) is 32.2 Å². The fraction of sp³-hybridized carbons (Fsp3) is 0.533. The number of carbonyl (C=O) groups is 1. The Balaban J connectivity index is 1.68. The number of rotatable bonds is 2. The molecule has 20 heavy (non-hydrogen) atoms. The average molecular weight is 270 g/mol. The van der Waals surface area contributed by atoms with E-state index in [-0.39, 0.29) is 12.0 Å². The number of amides is 1. The summed E-state index contributed by atoms with van der Waals surface area (Å²) in [5.74, 6) is 2.01. The Morgan fingerprint density at radius 1 is 1.35 bits per heavy atom. The first-order valence-corrected chi connectivity index (χ1v) is 7.36. The van der Waals surface area contributed by atoms with Gasteiger partial charge in [0.25, 0.3) is 0 Å². The summed E-state index contributed by atoms with van der Waals surface area (Å²) >= 11 is 0. The van der Waals surface area contributed by atoms with E-state index < -0.39 is 0 Å². The number of hydrogen-bond acceptors (Lipinski definition) is 3. The van der Waals surface area contributed by atoms with E-state index in [9.17, 15) is 4.79 Å². The minimum absolute atomic E-state index is 0.0905. The van der Waals surface area contributed by atoms with Gasteiger partial charge in [0.2, 0.25) is 5.91 Å². The van der Waals surface area contributed by atoms with Gasteiger partial charge in [-0.1, -0.05) is 13.0 Å². The summed E-state index contributed by atoms with van der Waals surface area (Å²) in [5.41, 5.74) is 0.849. The lowest BCUT2D eigenvalue weighted by atomic mass is 10.2. The molecule has 1 saturated carbocycles. The van der Waals surface area contributed by atoms with Gasteiger partial charge < -0.3 is 4.90 Å². The first-order chi connectivity index (χ1) is 9.75. The molecule has 2 fully saturated rings. The molecular formula is C15H18N4O. The van der Waals surface area contributed by atoms with Gasteiger partial charge in [-0.3, -0.25) is 9.20 Å². The van der Waals surface area contributed by atoms with Crippen molar-refractivity contribution in [3.63, 3.8) is 0 Å². The molecule has 0 aromatic carbocycles. The van der Waals surface area contributed by atoms with Crippen LogP contribution in [0, 0.1) is 11.8 Å². The van der Waals surface area contributed by atoms with Crippen molar-refractivity contribution in [1.29, 1.82) is 0 Å². The van der Waals surface area contributed by atoms with Crippen LogP contribution in [0.4, 0.5) is 0 Å². The van der Waals surface area contributed by atoms with E-state index in [1.807, 2.05) is 33.7 Å². The molecule has 5 heteroatoms. The third-order valence-electron chi connectivity index (χ3n) is 4.60. The van der Waals surface area contributed by atoms with E-state index in [2.05, 4.69) is 17.1 Å². The lowest BCUT2D eigenvalue weighted by molar-refractivity contribution is -0.134. The van der Waals surface area contributed by atoms with Crippen LogP contribution in [0.2, 0.25) is 0 Å². The molecule has 1 aliphatic heterocycles. The lowest BCUT2D eigenvalue weighted by Crippen LogP contribution is -2.33. The zero-order valence-electron chi connectivity index (χ0n) is 11.6. The normalized spacial score (nSPS) is 29.1. The summed E-state index contributed by atoms with van der Waals surface area (Å²) in [5, 5.41) is 8.54. The van der Waals surface area contributed by atoms with Crippen LogP contribution >= 0.6 is 0 Å². The highest BCUT2D eigenvalue weighted by atomic mass is 16.2. The highest BCUT2D eigenvalue weighted by Crippen LogP contribution is 2.42. The van der Waals surface area contributed by atoms with Crippen LogP contribution in [0.25, 0.3) is 5.65 Å². The number of fused-ring (bicyclic) bond motifs is 1. The molecule has 0 spiro atoms. The summed E-state index contributed by atoms with van der Waals surface area (Å²) in [4.78, 5) is 14.6. The Labute approximate surface area is 117 Å². The largest absolute Gasteiger partial charge is 0.332 e. The van der Waals surface area contributed by atoms with Gasteiger partial charge in [-0.25, -0.2) is 0 Å². The molecule has 1 amide bonds. The zero-order valence-corrected chi connectivity index (χ0v) is 11.6. The summed E-state index contributed by atoms with van der Waals surface area (Å²) in [7, 11) is 0. The molecule has 0 unspecified atom stereocenters.